The van der Waals surface area contributed by atoms with Gasteiger partial charge in [0.1, 0.15) is 0 Å². The van der Waals surface area contributed by atoms with Gasteiger partial charge in [0, 0.05) is 44.0 Å². The van der Waals surface area contributed by atoms with Crippen LogP contribution in [-0.4, -0.2) is 55.2 Å². The van der Waals surface area contributed by atoms with Gasteiger partial charge in [0.25, 0.3) is 0 Å². The Labute approximate surface area is 124 Å². The molecular formula is C15H24F3N3. The van der Waals surface area contributed by atoms with E-state index in [4.69, 9.17) is 5.73 Å². The molecule has 1 heterocycles. The van der Waals surface area contributed by atoms with Gasteiger partial charge >= 0.3 is 6.18 Å². The number of nitrogens with zero attached hydrogens (tertiary/aromatic N) is 2. The van der Waals surface area contributed by atoms with E-state index in [9.17, 15) is 13.2 Å². The van der Waals surface area contributed by atoms with Crippen molar-refractivity contribution in [1.82, 2.24) is 9.80 Å². The van der Waals surface area contributed by atoms with Crippen LogP contribution >= 0.6 is 0 Å². The highest BCUT2D eigenvalue weighted by Crippen LogP contribution is 2.24. The van der Waals surface area contributed by atoms with Gasteiger partial charge < -0.3 is 15.5 Å². The first-order valence-electron chi connectivity index (χ1n) is 7.17. The predicted molar refractivity (Wildman–Crippen MR) is 79.8 cm³/mol. The van der Waals surface area contributed by atoms with Crippen LogP contribution in [0.25, 0.3) is 0 Å². The van der Waals surface area contributed by atoms with Crippen LogP contribution in [0.15, 0.2) is 36.1 Å². The smallest absolute Gasteiger partial charge is 0.399 e. The fraction of sp³-hybridized carbons (Fsp3) is 0.600. The second kappa shape index (κ2) is 8.24. The zero-order valence-electron chi connectivity index (χ0n) is 12.5. The molecule has 21 heavy (non-hydrogen) atoms. The Balaban J connectivity index is 2.30. The monoisotopic (exact) mass is 303 g/mol. The molecule has 0 spiro atoms. The van der Waals surface area contributed by atoms with Crippen LogP contribution in [0.4, 0.5) is 13.2 Å². The van der Waals surface area contributed by atoms with Gasteiger partial charge in [-0.2, -0.15) is 13.2 Å². The third kappa shape index (κ3) is 6.82. The number of alkyl halides is 3. The molecule has 1 aliphatic rings. The zero-order valence-corrected chi connectivity index (χ0v) is 12.5. The molecule has 1 saturated heterocycles. The third-order valence-corrected chi connectivity index (χ3v) is 3.58. The number of hydrogen-bond acceptors (Lipinski definition) is 3. The van der Waals surface area contributed by atoms with Crippen molar-refractivity contribution in [2.24, 2.45) is 5.73 Å². The molecule has 1 rings (SSSR count). The van der Waals surface area contributed by atoms with Crippen LogP contribution in [0.2, 0.25) is 0 Å². The molecule has 0 unspecified atom stereocenters. The molecule has 0 atom stereocenters. The van der Waals surface area contributed by atoms with E-state index in [0.29, 0.717) is 5.70 Å². The lowest BCUT2D eigenvalue weighted by molar-refractivity contribution is -0.0878. The van der Waals surface area contributed by atoms with Crippen LogP contribution in [0.3, 0.4) is 0 Å². The van der Waals surface area contributed by atoms with E-state index in [1.54, 1.807) is 6.08 Å². The summed E-state index contributed by atoms with van der Waals surface area (Å²) in [5.41, 5.74) is 5.11. The fourth-order valence-corrected chi connectivity index (χ4v) is 2.10. The minimum Gasteiger partial charge on any atom is -0.399 e. The Morgan fingerprint density at radius 1 is 1.14 bits per heavy atom. The molecule has 2 N–H and O–H groups in total. The quantitative estimate of drug-likeness (QED) is 0.765. The van der Waals surface area contributed by atoms with Crippen LogP contribution in [0.1, 0.15) is 13.3 Å². The van der Waals surface area contributed by atoms with Gasteiger partial charge in [-0.05, 0) is 25.1 Å². The first-order chi connectivity index (χ1) is 9.82. The lowest BCUT2D eigenvalue weighted by Gasteiger charge is -2.33. The van der Waals surface area contributed by atoms with E-state index in [0.717, 1.165) is 51.8 Å². The molecule has 3 nitrogen and oxygen atoms in total. The molecule has 0 amide bonds. The summed E-state index contributed by atoms with van der Waals surface area (Å²) in [5, 5.41) is 0. The van der Waals surface area contributed by atoms with Gasteiger partial charge in [0.2, 0.25) is 0 Å². The first-order valence-corrected chi connectivity index (χ1v) is 7.17. The maximum Gasteiger partial charge on any atom is 0.415 e. The van der Waals surface area contributed by atoms with Crippen LogP contribution in [0, 0.1) is 0 Å². The van der Waals surface area contributed by atoms with Gasteiger partial charge in [-0.15, -0.1) is 0 Å². The van der Waals surface area contributed by atoms with Gasteiger partial charge in [0.15, 0.2) is 0 Å². The second-order valence-corrected chi connectivity index (χ2v) is 5.13. The van der Waals surface area contributed by atoms with Crippen molar-refractivity contribution in [1.29, 1.82) is 0 Å². The van der Waals surface area contributed by atoms with E-state index in [1.165, 1.54) is 6.08 Å². The Hall–Kier alpha value is -1.27. The largest absolute Gasteiger partial charge is 0.415 e. The fourth-order valence-electron chi connectivity index (χ4n) is 2.10. The molecule has 0 aromatic heterocycles. The van der Waals surface area contributed by atoms with Crippen molar-refractivity contribution in [3.05, 3.63) is 36.1 Å². The standard InChI is InChI=1S/C15H24F3N3/c1-3-20-9-11-21(12-10-20)8-4-5-14(19)7-6-13(2)15(16,17)18/h5-7H,2-4,8-12,19H2,1H3/b7-6-,14-5+. The molecule has 0 bridgehead atoms. The van der Waals surface area contributed by atoms with Crippen LogP contribution in [0.5, 0.6) is 0 Å². The third-order valence-electron chi connectivity index (χ3n) is 3.58. The highest BCUT2D eigenvalue weighted by molar-refractivity contribution is 5.27. The summed E-state index contributed by atoms with van der Waals surface area (Å²) in [4.78, 5) is 4.74. The SMILES string of the molecule is C=C(/C=C\C(N)=C/CCN1CCN(CC)CC1)C(F)(F)F. The predicted octanol–water partition coefficient (Wildman–Crippen LogP) is 2.53. The molecule has 120 valence electrons. The number of hydrogen-bond donors (Lipinski definition) is 1. The minimum absolute atomic E-state index is 0.340. The summed E-state index contributed by atoms with van der Waals surface area (Å²) in [5.74, 6) is 0. The lowest BCUT2D eigenvalue weighted by Crippen LogP contribution is -2.46. The van der Waals surface area contributed by atoms with E-state index < -0.39 is 11.7 Å². The maximum absolute atomic E-state index is 12.2. The molecule has 0 saturated carbocycles. The Morgan fingerprint density at radius 2 is 1.71 bits per heavy atom. The van der Waals surface area contributed by atoms with Gasteiger partial charge in [-0.3, -0.25) is 0 Å². The molecule has 0 aliphatic carbocycles. The molecule has 6 heteroatoms. The van der Waals surface area contributed by atoms with Crippen LogP contribution < -0.4 is 5.73 Å². The van der Waals surface area contributed by atoms with E-state index in [1.807, 2.05) is 0 Å². The molecule has 1 fully saturated rings. The van der Waals surface area contributed by atoms with E-state index in [-0.39, 0.29) is 0 Å². The normalized spacial score (nSPS) is 19.3. The summed E-state index contributed by atoms with van der Waals surface area (Å²) in [7, 11) is 0. The average molecular weight is 303 g/mol. The number of likely N-dealkylation sites (N-methyl/N-ethyl adjacent to an activating group) is 1. The van der Waals surface area contributed by atoms with E-state index >= 15 is 0 Å². The molecular weight excluding hydrogens is 279 g/mol. The van der Waals surface area contributed by atoms with Gasteiger partial charge in [-0.1, -0.05) is 19.6 Å². The minimum atomic E-state index is -4.39. The summed E-state index contributed by atoms with van der Waals surface area (Å²) in [6, 6.07) is 0. The number of nitrogens with two attached hydrogens (primary N) is 1. The maximum atomic E-state index is 12.2. The molecule has 0 aromatic rings. The Bertz CT molecular complexity index is 391. The number of piperazine rings is 1. The molecule has 0 aromatic carbocycles. The summed E-state index contributed by atoms with van der Waals surface area (Å²) >= 11 is 0. The Kier molecular flexibility index (Phi) is 6.98. The Morgan fingerprint density at radius 3 is 2.24 bits per heavy atom. The highest BCUT2D eigenvalue weighted by Gasteiger charge is 2.29. The van der Waals surface area contributed by atoms with E-state index in [2.05, 4.69) is 23.3 Å². The van der Waals surface area contributed by atoms with Crippen molar-refractivity contribution >= 4 is 0 Å². The van der Waals surface area contributed by atoms with Crippen molar-refractivity contribution < 1.29 is 13.2 Å². The summed E-state index contributed by atoms with van der Waals surface area (Å²) in [6.07, 6.45) is 0.263. The lowest BCUT2D eigenvalue weighted by atomic mass is 10.2. The molecule has 1 aliphatic heterocycles. The first kappa shape index (κ1) is 17.8. The van der Waals surface area contributed by atoms with Crippen molar-refractivity contribution in [2.75, 3.05) is 39.3 Å². The summed E-state index contributed by atoms with van der Waals surface area (Å²) < 4.78 is 36.7. The zero-order chi connectivity index (χ0) is 15.9. The van der Waals surface area contributed by atoms with Crippen molar-refractivity contribution in [3.63, 3.8) is 0 Å². The second-order valence-electron chi connectivity index (χ2n) is 5.13. The molecule has 0 radical (unpaired) electrons. The van der Waals surface area contributed by atoms with Gasteiger partial charge in [-0.25, -0.2) is 0 Å². The summed E-state index contributed by atoms with van der Waals surface area (Å²) in [6.45, 7) is 11.3. The number of rotatable bonds is 6. The van der Waals surface area contributed by atoms with Crippen molar-refractivity contribution in [3.8, 4) is 0 Å². The topological polar surface area (TPSA) is 32.5 Å². The average Bonchev–Trinajstić information content (AvgIpc) is 2.44. The van der Waals surface area contributed by atoms with Gasteiger partial charge in [0.05, 0.1) is 0 Å². The van der Waals surface area contributed by atoms with Crippen molar-refractivity contribution in [2.45, 2.75) is 19.5 Å². The van der Waals surface area contributed by atoms with Crippen LogP contribution in [-0.2, 0) is 0 Å². The highest BCUT2D eigenvalue weighted by atomic mass is 19.4. The number of allylic oxidation sites excluding steroid dienone is 3. The number of halogens is 3.